The van der Waals surface area contributed by atoms with Crippen LogP contribution >= 0.6 is 0 Å². The Morgan fingerprint density at radius 2 is 1.50 bits per heavy atom. The van der Waals surface area contributed by atoms with Crippen molar-refractivity contribution in [3.8, 4) is 22.5 Å². The molecule has 0 aliphatic heterocycles. The number of hydrogen-bond donors (Lipinski definition) is 0. The maximum atomic E-state index is 4.46. The van der Waals surface area contributed by atoms with Crippen LogP contribution in [0.5, 0.6) is 0 Å². The smallest absolute Gasteiger partial charge is 0.116 e. The van der Waals surface area contributed by atoms with Gasteiger partial charge in [0.2, 0.25) is 0 Å². The molecule has 0 atom stereocenters. The summed E-state index contributed by atoms with van der Waals surface area (Å²) < 4.78 is 0. The summed E-state index contributed by atoms with van der Waals surface area (Å²) in [5.41, 5.74) is 3.97. The summed E-state index contributed by atoms with van der Waals surface area (Å²) in [5.74, 6) is 0. The van der Waals surface area contributed by atoms with Gasteiger partial charge in [0, 0.05) is 23.5 Å². The summed E-state index contributed by atoms with van der Waals surface area (Å²) in [7, 11) is 0. The quantitative estimate of drug-likeness (QED) is 0.682. The Morgan fingerprint density at radius 3 is 2.17 bits per heavy atom. The van der Waals surface area contributed by atoms with Crippen LogP contribution in [0.1, 0.15) is 0 Å². The fraction of sp³-hybridized carbons (Fsp3) is 0. The Balaban J connectivity index is 1.95. The second kappa shape index (κ2) is 4.75. The van der Waals surface area contributed by atoms with Gasteiger partial charge in [-0.25, -0.2) is 9.97 Å². The van der Waals surface area contributed by atoms with Crippen molar-refractivity contribution in [2.75, 3.05) is 0 Å². The maximum absolute atomic E-state index is 4.46. The molecule has 0 aliphatic carbocycles. The van der Waals surface area contributed by atoms with Crippen molar-refractivity contribution >= 4 is 0 Å². The van der Waals surface area contributed by atoms with E-state index in [1.807, 2.05) is 54.7 Å². The van der Waals surface area contributed by atoms with E-state index in [0.29, 0.717) is 0 Å². The standard InChI is InChI=1S/C15H11N3/c1-2-4-12(5-3-1)14-7-6-13(10-17-14)15-8-9-16-11-18-15/h1-11H. The van der Waals surface area contributed by atoms with Crippen molar-refractivity contribution in [1.29, 1.82) is 0 Å². The average Bonchev–Trinajstić information content (AvgIpc) is 2.49. The predicted molar refractivity (Wildman–Crippen MR) is 70.7 cm³/mol. The Bertz CT molecular complexity index is 560. The number of nitrogens with zero attached hydrogens (tertiary/aromatic N) is 3. The van der Waals surface area contributed by atoms with E-state index >= 15 is 0 Å². The molecule has 0 N–H and O–H groups in total. The van der Waals surface area contributed by atoms with Crippen molar-refractivity contribution in [3.05, 3.63) is 67.3 Å². The molecule has 0 fully saturated rings. The van der Waals surface area contributed by atoms with Crippen molar-refractivity contribution in [2.45, 2.75) is 0 Å². The van der Waals surface area contributed by atoms with E-state index in [1.165, 1.54) is 0 Å². The average molecular weight is 233 g/mol. The first-order chi connectivity index (χ1) is 8.93. The van der Waals surface area contributed by atoms with Crippen molar-refractivity contribution in [1.82, 2.24) is 15.0 Å². The molecule has 3 rings (SSSR count). The number of pyridine rings is 1. The molecule has 86 valence electrons. The van der Waals surface area contributed by atoms with Crippen molar-refractivity contribution < 1.29 is 0 Å². The third-order valence-corrected chi connectivity index (χ3v) is 2.71. The van der Waals surface area contributed by atoms with E-state index in [2.05, 4.69) is 15.0 Å². The molecule has 0 amide bonds. The van der Waals surface area contributed by atoms with Gasteiger partial charge in [-0.3, -0.25) is 4.98 Å². The minimum Gasteiger partial charge on any atom is -0.256 e. The lowest BCUT2D eigenvalue weighted by molar-refractivity contribution is 1.17. The maximum Gasteiger partial charge on any atom is 0.116 e. The van der Waals surface area contributed by atoms with Crippen molar-refractivity contribution in [2.24, 2.45) is 0 Å². The minimum absolute atomic E-state index is 0.886. The van der Waals surface area contributed by atoms with Gasteiger partial charge in [0.05, 0.1) is 11.4 Å². The first-order valence-corrected chi connectivity index (χ1v) is 5.71. The lowest BCUT2D eigenvalue weighted by atomic mass is 10.1. The van der Waals surface area contributed by atoms with Crippen LogP contribution in [0.2, 0.25) is 0 Å². The van der Waals surface area contributed by atoms with E-state index < -0.39 is 0 Å². The fourth-order valence-electron chi connectivity index (χ4n) is 1.79. The summed E-state index contributed by atoms with van der Waals surface area (Å²) in [6, 6.07) is 16.0. The largest absolute Gasteiger partial charge is 0.256 e. The molecule has 3 nitrogen and oxygen atoms in total. The summed E-state index contributed by atoms with van der Waals surface area (Å²) in [4.78, 5) is 12.6. The molecule has 2 heterocycles. The number of aromatic nitrogens is 3. The second-order valence-electron chi connectivity index (χ2n) is 3.89. The van der Waals surface area contributed by atoms with Gasteiger partial charge in [0.1, 0.15) is 6.33 Å². The van der Waals surface area contributed by atoms with E-state index in [0.717, 1.165) is 22.5 Å². The molecule has 3 heteroatoms. The molecule has 0 saturated heterocycles. The van der Waals surface area contributed by atoms with Crippen LogP contribution in [0.4, 0.5) is 0 Å². The molecule has 0 radical (unpaired) electrons. The molecule has 0 aliphatic rings. The van der Waals surface area contributed by atoms with E-state index in [4.69, 9.17) is 0 Å². The number of benzene rings is 1. The van der Waals surface area contributed by atoms with Crippen LogP contribution in [0.25, 0.3) is 22.5 Å². The zero-order valence-corrected chi connectivity index (χ0v) is 9.69. The van der Waals surface area contributed by atoms with Gasteiger partial charge in [-0.2, -0.15) is 0 Å². The summed E-state index contributed by atoms with van der Waals surface area (Å²) in [6.45, 7) is 0. The molecule has 18 heavy (non-hydrogen) atoms. The minimum atomic E-state index is 0.886. The highest BCUT2D eigenvalue weighted by Gasteiger charge is 2.01. The zero-order chi connectivity index (χ0) is 12.2. The topological polar surface area (TPSA) is 38.7 Å². The predicted octanol–water partition coefficient (Wildman–Crippen LogP) is 3.21. The molecule has 0 bridgehead atoms. The monoisotopic (exact) mass is 233 g/mol. The molecular formula is C15H11N3. The molecule has 2 aromatic heterocycles. The van der Waals surface area contributed by atoms with Crippen LogP contribution in [0, 0.1) is 0 Å². The van der Waals surface area contributed by atoms with Gasteiger partial charge >= 0.3 is 0 Å². The lowest BCUT2D eigenvalue weighted by Crippen LogP contribution is -1.87. The SMILES string of the molecule is c1ccc(-c2ccc(-c3ccncn3)cn2)cc1. The third kappa shape index (κ3) is 2.11. The van der Waals surface area contributed by atoms with Crippen LogP contribution < -0.4 is 0 Å². The van der Waals surface area contributed by atoms with Crippen LogP contribution in [0.3, 0.4) is 0 Å². The third-order valence-electron chi connectivity index (χ3n) is 2.71. The molecule has 3 aromatic rings. The Labute approximate surface area is 105 Å². The van der Waals surface area contributed by atoms with Crippen LogP contribution in [0.15, 0.2) is 67.3 Å². The Hall–Kier alpha value is -2.55. The zero-order valence-electron chi connectivity index (χ0n) is 9.69. The van der Waals surface area contributed by atoms with Crippen molar-refractivity contribution in [3.63, 3.8) is 0 Å². The summed E-state index contributed by atoms with van der Waals surface area (Å²) >= 11 is 0. The van der Waals surface area contributed by atoms with Crippen LogP contribution in [-0.2, 0) is 0 Å². The fourth-order valence-corrected chi connectivity index (χ4v) is 1.79. The summed E-state index contributed by atoms with van der Waals surface area (Å²) in [5, 5.41) is 0. The van der Waals surface area contributed by atoms with E-state index in [1.54, 1.807) is 12.5 Å². The Kier molecular flexibility index (Phi) is 2.80. The van der Waals surface area contributed by atoms with Gasteiger partial charge in [-0.15, -0.1) is 0 Å². The molecule has 0 saturated carbocycles. The number of rotatable bonds is 2. The first-order valence-electron chi connectivity index (χ1n) is 5.71. The van der Waals surface area contributed by atoms with E-state index in [-0.39, 0.29) is 0 Å². The Morgan fingerprint density at radius 1 is 0.667 bits per heavy atom. The highest BCUT2D eigenvalue weighted by atomic mass is 14.8. The number of hydrogen-bond acceptors (Lipinski definition) is 3. The van der Waals surface area contributed by atoms with E-state index in [9.17, 15) is 0 Å². The van der Waals surface area contributed by atoms with Gasteiger partial charge in [0.15, 0.2) is 0 Å². The first kappa shape index (κ1) is 10.6. The molecular weight excluding hydrogens is 222 g/mol. The van der Waals surface area contributed by atoms with Gasteiger partial charge in [-0.05, 0) is 18.2 Å². The molecule has 0 unspecified atom stereocenters. The molecule has 1 aromatic carbocycles. The highest BCUT2D eigenvalue weighted by Crippen LogP contribution is 2.20. The normalized spacial score (nSPS) is 10.2. The van der Waals surface area contributed by atoms with Gasteiger partial charge in [-0.1, -0.05) is 30.3 Å². The summed E-state index contributed by atoms with van der Waals surface area (Å²) in [6.07, 6.45) is 5.11. The lowest BCUT2D eigenvalue weighted by Gasteiger charge is -2.02. The molecule has 0 spiro atoms. The van der Waals surface area contributed by atoms with Crippen LogP contribution in [-0.4, -0.2) is 15.0 Å². The second-order valence-corrected chi connectivity index (χ2v) is 3.89. The van der Waals surface area contributed by atoms with Gasteiger partial charge < -0.3 is 0 Å². The van der Waals surface area contributed by atoms with Gasteiger partial charge in [0.25, 0.3) is 0 Å². The highest BCUT2D eigenvalue weighted by molar-refractivity contribution is 5.64.